The molecule has 0 saturated carbocycles. The summed E-state index contributed by atoms with van der Waals surface area (Å²) >= 11 is 0. The van der Waals surface area contributed by atoms with Gasteiger partial charge in [0.1, 0.15) is 5.69 Å². The van der Waals surface area contributed by atoms with Crippen molar-refractivity contribution in [1.29, 1.82) is 0 Å². The molecule has 24 heavy (non-hydrogen) atoms. The number of hydrogen-bond donors (Lipinski definition) is 1. The Balaban J connectivity index is 1.97. The zero-order chi connectivity index (χ0) is 17.3. The molecule has 0 fully saturated rings. The van der Waals surface area contributed by atoms with Crippen LogP contribution in [0.5, 0.6) is 0 Å². The highest BCUT2D eigenvalue weighted by molar-refractivity contribution is 5.59. The van der Waals surface area contributed by atoms with Gasteiger partial charge in [0, 0.05) is 28.7 Å². The molecular formula is C17H20N6O. The number of rotatable bonds is 4. The van der Waals surface area contributed by atoms with Crippen molar-refractivity contribution in [1.82, 2.24) is 25.1 Å². The fourth-order valence-electron chi connectivity index (χ4n) is 2.41. The van der Waals surface area contributed by atoms with E-state index in [4.69, 9.17) is 4.52 Å². The molecule has 0 amide bonds. The Morgan fingerprint density at radius 2 is 1.54 bits per heavy atom. The molecule has 3 heterocycles. The van der Waals surface area contributed by atoms with Crippen LogP contribution in [-0.4, -0.2) is 31.1 Å². The summed E-state index contributed by atoms with van der Waals surface area (Å²) in [4.78, 5) is 17.7. The molecule has 0 saturated heterocycles. The molecule has 7 nitrogen and oxygen atoms in total. The lowest BCUT2D eigenvalue weighted by Gasteiger charge is -2.09. The minimum Gasteiger partial charge on any atom is -0.352 e. The van der Waals surface area contributed by atoms with Crippen molar-refractivity contribution in [2.45, 2.75) is 40.7 Å². The van der Waals surface area contributed by atoms with Crippen molar-refractivity contribution in [3.8, 4) is 23.0 Å². The molecule has 0 aliphatic carbocycles. The Morgan fingerprint density at radius 3 is 2.21 bits per heavy atom. The fraction of sp³-hybridized carbons (Fsp3) is 0.353. The van der Waals surface area contributed by atoms with Crippen molar-refractivity contribution < 1.29 is 4.52 Å². The molecule has 3 aromatic rings. The summed E-state index contributed by atoms with van der Waals surface area (Å²) in [5.74, 6) is 1.45. The smallest absolute Gasteiger partial charge is 0.258 e. The van der Waals surface area contributed by atoms with Gasteiger partial charge in [-0.2, -0.15) is 4.98 Å². The van der Waals surface area contributed by atoms with Crippen LogP contribution in [0.3, 0.4) is 0 Å². The molecule has 0 spiro atoms. The number of hydrogen-bond acceptors (Lipinski definition) is 7. The van der Waals surface area contributed by atoms with Crippen LogP contribution in [0.4, 0.5) is 5.95 Å². The van der Waals surface area contributed by atoms with Gasteiger partial charge in [-0.3, -0.25) is 4.98 Å². The highest BCUT2D eigenvalue weighted by Crippen LogP contribution is 2.23. The van der Waals surface area contributed by atoms with E-state index < -0.39 is 0 Å². The first-order valence-electron chi connectivity index (χ1n) is 7.82. The molecule has 7 heteroatoms. The van der Waals surface area contributed by atoms with Gasteiger partial charge < -0.3 is 9.84 Å². The van der Waals surface area contributed by atoms with Gasteiger partial charge in [-0.05, 0) is 52.8 Å². The maximum absolute atomic E-state index is 5.41. The Bertz CT molecular complexity index is 851. The van der Waals surface area contributed by atoms with Gasteiger partial charge in [-0.15, -0.1) is 0 Å². The Morgan fingerprint density at radius 1 is 0.875 bits per heavy atom. The second-order valence-electron chi connectivity index (χ2n) is 6.08. The van der Waals surface area contributed by atoms with Crippen molar-refractivity contribution in [3.05, 3.63) is 35.3 Å². The normalized spacial score (nSPS) is 11.1. The van der Waals surface area contributed by atoms with Crippen LogP contribution in [0, 0.1) is 20.8 Å². The van der Waals surface area contributed by atoms with Crippen molar-refractivity contribution in [3.63, 3.8) is 0 Å². The third-order valence-corrected chi connectivity index (χ3v) is 3.26. The van der Waals surface area contributed by atoms with Crippen molar-refractivity contribution >= 4 is 5.95 Å². The summed E-state index contributed by atoms with van der Waals surface area (Å²) in [6.07, 6.45) is 0. The molecule has 0 atom stereocenters. The first kappa shape index (κ1) is 16.0. The van der Waals surface area contributed by atoms with E-state index in [0.29, 0.717) is 23.4 Å². The zero-order valence-corrected chi connectivity index (χ0v) is 14.5. The third-order valence-electron chi connectivity index (χ3n) is 3.26. The standard InChI is InChI=1S/C17H20N6O/c1-9(2)18-17-20-12(5)8-14(21-17)15-22-16(24-23-15)13-6-10(3)19-11(4)7-13/h6-9H,1-5H3,(H,18,20,21). The number of aryl methyl sites for hydroxylation is 3. The fourth-order valence-corrected chi connectivity index (χ4v) is 2.41. The van der Waals surface area contributed by atoms with Gasteiger partial charge >= 0.3 is 0 Å². The maximum atomic E-state index is 5.41. The van der Waals surface area contributed by atoms with Crippen LogP contribution in [0.1, 0.15) is 30.9 Å². The summed E-state index contributed by atoms with van der Waals surface area (Å²) in [7, 11) is 0. The summed E-state index contributed by atoms with van der Waals surface area (Å²) in [6, 6.07) is 5.91. The summed E-state index contributed by atoms with van der Waals surface area (Å²) < 4.78 is 5.41. The molecule has 0 aliphatic heterocycles. The van der Waals surface area contributed by atoms with Crippen LogP contribution in [0.25, 0.3) is 23.0 Å². The number of aromatic nitrogens is 5. The molecule has 0 aliphatic rings. The van der Waals surface area contributed by atoms with E-state index in [1.807, 2.05) is 52.8 Å². The van der Waals surface area contributed by atoms with E-state index in [9.17, 15) is 0 Å². The predicted molar refractivity (Wildman–Crippen MR) is 91.5 cm³/mol. The Hall–Kier alpha value is -2.83. The predicted octanol–water partition coefficient (Wildman–Crippen LogP) is 3.33. The van der Waals surface area contributed by atoms with Crippen LogP contribution in [0.2, 0.25) is 0 Å². The third kappa shape index (κ3) is 3.56. The SMILES string of the molecule is Cc1cc(-c2nc(-c3cc(C)nc(NC(C)C)n3)no2)cc(C)n1. The molecule has 0 radical (unpaired) electrons. The lowest BCUT2D eigenvalue weighted by Crippen LogP contribution is -2.13. The minimum absolute atomic E-state index is 0.239. The quantitative estimate of drug-likeness (QED) is 0.787. The van der Waals surface area contributed by atoms with Gasteiger partial charge in [0.15, 0.2) is 0 Å². The number of nitrogens with one attached hydrogen (secondary N) is 1. The van der Waals surface area contributed by atoms with Gasteiger partial charge in [0.05, 0.1) is 0 Å². The lowest BCUT2D eigenvalue weighted by atomic mass is 10.2. The molecule has 1 N–H and O–H groups in total. The highest BCUT2D eigenvalue weighted by Gasteiger charge is 2.14. The van der Waals surface area contributed by atoms with E-state index >= 15 is 0 Å². The van der Waals surface area contributed by atoms with Crippen molar-refractivity contribution in [2.75, 3.05) is 5.32 Å². The molecule has 3 aromatic heterocycles. The van der Waals surface area contributed by atoms with E-state index in [1.165, 1.54) is 0 Å². The molecule has 0 aromatic carbocycles. The largest absolute Gasteiger partial charge is 0.352 e. The maximum Gasteiger partial charge on any atom is 0.258 e. The Kier molecular flexibility index (Phi) is 4.24. The van der Waals surface area contributed by atoms with E-state index in [2.05, 4.69) is 30.4 Å². The average Bonchev–Trinajstić information content (AvgIpc) is 2.94. The molecule has 0 bridgehead atoms. The van der Waals surface area contributed by atoms with Gasteiger partial charge in [-0.1, -0.05) is 5.16 Å². The summed E-state index contributed by atoms with van der Waals surface area (Å²) in [5, 5.41) is 7.25. The lowest BCUT2D eigenvalue weighted by molar-refractivity contribution is 0.432. The number of anilines is 1. The van der Waals surface area contributed by atoms with Crippen LogP contribution in [0.15, 0.2) is 22.7 Å². The van der Waals surface area contributed by atoms with E-state index in [0.717, 1.165) is 22.6 Å². The van der Waals surface area contributed by atoms with E-state index in [1.54, 1.807) is 0 Å². The first-order valence-corrected chi connectivity index (χ1v) is 7.82. The van der Waals surface area contributed by atoms with Gasteiger partial charge in [0.2, 0.25) is 11.8 Å². The first-order chi connectivity index (χ1) is 11.4. The Labute approximate surface area is 140 Å². The monoisotopic (exact) mass is 324 g/mol. The molecule has 0 unspecified atom stereocenters. The van der Waals surface area contributed by atoms with Crippen molar-refractivity contribution in [2.24, 2.45) is 0 Å². The molecular weight excluding hydrogens is 304 g/mol. The zero-order valence-electron chi connectivity index (χ0n) is 14.5. The van der Waals surface area contributed by atoms with Gasteiger partial charge in [0.25, 0.3) is 5.89 Å². The summed E-state index contributed by atoms with van der Waals surface area (Å²) in [6.45, 7) is 9.85. The minimum atomic E-state index is 0.239. The number of nitrogens with zero attached hydrogens (tertiary/aromatic N) is 5. The molecule has 3 rings (SSSR count). The van der Waals surface area contributed by atoms with E-state index in [-0.39, 0.29) is 6.04 Å². The second-order valence-corrected chi connectivity index (χ2v) is 6.08. The second kappa shape index (κ2) is 6.35. The van der Waals surface area contributed by atoms with Gasteiger partial charge in [-0.25, -0.2) is 9.97 Å². The van der Waals surface area contributed by atoms with Crippen LogP contribution < -0.4 is 5.32 Å². The topological polar surface area (TPSA) is 89.6 Å². The highest BCUT2D eigenvalue weighted by atomic mass is 16.5. The van der Waals surface area contributed by atoms with Crippen LogP contribution >= 0.6 is 0 Å². The number of pyridine rings is 1. The summed E-state index contributed by atoms with van der Waals surface area (Å²) in [5.41, 5.74) is 4.13. The van der Waals surface area contributed by atoms with Crippen LogP contribution in [-0.2, 0) is 0 Å². The molecule has 124 valence electrons. The average molecular weight is 324 g/mol.